The summed E-state index contributed by atoms with van der Waals surface area (Å²) < 4.78 is 10.9. The van der Waals surface area contributed by atoms with E-state index in [1.54, 1.807) is 0 Å². The van der Waals surface area contributed by atoms with Gasteiger partial charge in [-0.2, -0.15) is 5.06 Å². The minimum Gasteiger partial charge on any atom is -0.379 e. The van der Waals surface area contributed by atoms with Crippen molar-refractivity contribution in [3.05, 3.63) is 35.9 Å². The summed E-state index contributed by atoms with van der Waals surface area (Å²) in [7, 11) is 0. The van der Waals surface area contributed by atoms with Crippen molar-refractivity contribution in [1.29, 1.82) is 0 Å². The maximum Gasteiger partial charge on any atom is 0.142 e. The van der Waals surface area contributed by atoms with Crippen LogP contribution in [-0.4, -0.2) is 44.6 Å². The molecule has 92 valence electrons. The lowest BCUT2D eigenvalue weighted by atomic mass is 10.0. The first kappa shape index (κ1) is 11.2. The summed E-state index contributed by atoms with van der Waals surface area (Å²) >= 11 is 0. The van der Waals surface area contributed by atoms with Crippen molar-refractivity contribution in [2.24, 2.45) is 0 Å². The molecule has 1 atom stereocenters. The van der Waals surface area contributed by atoms with Crippen LogP contribution >= 0.6 is 0 Å². The zero-order valence-electron chi connectivity index (χ0n) is 9.80. The molecule has 3 rings (SSSR count). The van der Waals surface area contributed by atoms with Crippen LogP contribution in [0.4, 0.5) is 0 Å². The minimum absolute atomic E-state index is 0.209. The van der Waals surface area contributed by atoms with E-state index < -0.39 is 0 Å². The Kier molecular flexibility index (Phi) is 3.11. The summed E-state index contributed by atoms with van der Waals surface area (Å²) in [5.74, 6) is 0. The van der Waals surface area contributed by atoms with Gasteiger partial charge in [0.05, 0.1) is 19.8 Å². The molecule has 0 aromatic heterocycles. The van der Waals surface area contributed by atoms with Crippen LogP contribution in [0.25, 0.3) is 0 Å². The first-order valence-corrected chi connectivity index (χ1v) is 6.04. The Morgan fingerprint density at radius 1 is 1.18 bits per heavy atom. The molecule has 1 aromatic carbocycles. The average molecular weight is 235 g/mol. The van der Waals surface area contributed by atoms with Crippen LogP contribution in [0.3, 0.4) is 0 Å². The van der Waals surface area contributed by atoms with E-state index in [1.807, 2.05) is 23.3 Å². The summed E-state index contributed by atoms with van der Waals surface area (Å²) in [5, 5.41) is 1.97. The molecule has 0 radical (unpaired) electrons. The van der Waals surface area contributed by atoms with Gasteiger partial charge in [-0.1, -0.05) is 30.3 Å². The van der Waals surface area contributed by atoms with Crippen LogP contribution in [0.2, 0.25) is 0 Å². The monoisotopic (exact) mass is 235 g/mol. The quantitative estimate of drug-likeness (QED) is 0.734. The number of benzene rings is 1. The number of ether oxygens (including phenoxy) is 2. The van der Waals surface area contributed by atoms with Gasteiger partial charge in [0.2, 0.25) is 0 Å². The lowest BCUT2D eigenvalue weighted by Crippen LogP contribution is -2.38. The van der Waals surface area contributed by atoms with Crippen LogP contribution in [-0.2, 0) is 19.9 Å². The molecule has 0 saturated carbocycles. The molecule has 0 bridgehead atoms. The second-order valence-corrected chi connectivity index (χ2v) is 4.46. The normalized spacial score (nSPS) is 29.2. The van der Waals surface area contributed by atoms with Gasteiger partial charge in [-0.05, 0) is 5.56 Å². The van der Waals surface area contributed by atoms with Crippen molar-refractivity contribution in [2.45, 2.75) is 5.60 Å². The van der Waals surface area contributed by atoms with Crippen molar-refractivity contribution >= 4 is 0 Å². The van der Waals surface area contributed by atoms with Crippen LogP contribution < -0.4 is 0 Å². The Balaban J connectivity index is 1.57. The molecule has 0 aliphatic carbocycles. The SMILES string of the molecule is c1ccc(C2(CON3CCOCC3)CO2)cc1. The molecule has 1 unspecified atom stereocenters. The van der Waals surface area contributed by atoms with Crippen molar-refractivity contribution in [3.8, 4) is 0 Å². The van der Waals surface area contributed by atoms with E-state index >= 15 is 0 Å². The molecule has 2 aliphatic rings. The van der Waals surface area contributed by atoms with Gasteiger partial charge in [0.15, 0.2) is 0 Å². The van der Waals surface area contributed by atoms with Crippen molar-refractivity contribution in [1.82, 2.24) is 5.06 Å². The first-order valence-electron chi connectivity index (χ1n) is 6.04. The number of hydrogen-bond acceptors (Lipinski definition) is 4. The van der Waals surface area contributed by atoms with Crippen molar-refractivity contribution < 1.29 is 14.3 Å². The molecule has 2 saturated heterocycles. The van der Waals surface area contributed by atoms with Gasteiger partial charge in [0.25, 0.3) is 0 Å². The predicted octanol–water partition coefficient (Wildman–Crippen LogP) is 1.18. The fraction of sp³-hybridized carbons (Fsp3) is 0.538. The molecule has 2 aliphatic heterocycles. The van der Waals surface area contributed by atoms with Crippen LogP contribution in [0.15, 0.2) is 30.3 Å². The highest BCUT2D eigenvalue weighted by atomic mass is 16.7. The zero-order chi connectivity index (χ0) is 11.6. The summed E-state index contributed by atoms with van der Waals surface area (Å²) in [5.41, 5.74) is 0.993. The molecule has 1 aromatic rings. The van der Waals surface area contributed by atoms with Crippen LogP contribution in [0, 0.1) is 0 Å². The number of hydrogen-bond donors (Lipinski definition) is 0. The van der Waals surface area contributed by atoms with Crippen molar-refractivity contribution in [2.75, 3.05) is 39.5 Å². The van der Waals surface area contributed by atoms with Crippen molar-refractivity contribution in [3.63, 3.8) is 0 Å². The Bertz CT molecular complexity index is 358. The smallest absolute Gasteiger partial charge is 0.142 e. The molecule has 0 spiro atoms. The van der Waals surface area contributed by atoms with E-state index in [1.165, 1.54) is 5.56 Å². The second kappa shape index (κ2) is 4.74. The van der Waals surface area contributed by atoms with E-state index in [4.69, 9.17) is 14.3 Å². The Hall–Kier alpha value is -0.940. The summed E-state index contributed by atoms with van der Waals surface area (Å²) in [6.07, 6.45) is 0. The topological polar surface area (TPSA) is 34.2 Å². The number of morpholine rings is 1. The molecule has 4 nitrogen and oxygen atoms in total. The second-order valence-electron chi connectivity index (χ2n) is 4.46. The maximum absolute atomic E-state index is 5.79. The minimum atomic E-state index is -0.209. The van der Waals surface area contributed by atoms with Gasteiger partial charge >= 0.3 is 0 Å². The van der Waals surface area contributed by atoms with E-state index in [2.05, 4.69) is 12.1 Å². The highest BCUT2D eigenvalue weighted by Gasteiger charge is 2.47. The van der Waals surface area contributed by atoms with E-state index in [9.17, 15) is 0 Å². The molecule has 17 heavy (non-hydrogen) atoms. The number of hydroxylamine groups is 2. The molecule has 0 amide bonds. The number of rotatable bonds is 4. The highest BCUT2D eigenvalue weighted by Crippen LogP contribution is 2.38. The molecule has 2 heterocycles. The third kappa shape index (κ3) is 2.50. The Morgan fingerprint density at radius 3 is 2.53 bits per heavy atom. The predicted molar refractivity (Wildman–Crippen MR) is 62.4 cm³/mol. The zero-order valence-corrected chi connectivity index (χ0v) is 9.80. The lowest BCUT2D eigenvalue weighted by molar-refractivity contribution is -0.204. The molecular formula is C13H17NO3. The highest BCUT2D eigenvalue weighted by molar-refractivity contribution is 5.26. The third-order valence-electron chi connectivity index (χ3n) is 3.24. The van der Waals surface area contributed by atoms with Gasteiger partial charge in [-0.25, -0.2) is 0 Å². The maximum atomic E-state index is 5.79. The van der Waals surface area contributed by atoms with Crippen LogP contribution in [0.5, 0.6) is 0 Å². The number of nitrogens with zero attached hydrogens (tertiary/aromatic N) is 1. The molecule has 0 N–H and O–H groups in total. The van der Waals surface area contributed by atoms with E-state index in [-0.39, 0.29) is 5.60 Å². The standard InChI is InChI=1S/C13H17NO3/c1-2-4-12(5-3-1)13(10-16-13)11-17-14-6-8-15-9-7-14/h1-5H,6-11H2. The fourth-order valence-electron chi connectivity index (χ4n) is 2.03. The summed E-state index contributed by atoms with van der Waals surface area (Å²) in [6, 6.07) is 10.3. The summed E-state index contributed by atoms with van der Waals surface area (Å²) in [6.45, 7) is 4.52. The molecule has 4 heteroatoms. The fourth-order valence-corrected chi connectivity index (χ4v) is 2.03. The Labute approximate surface area is 101 Å². The van der Waals surface area contributed by atoms with Gasteiger partial charge in [0.1, 0.15) is 12.2 Å². The van der Waals surface area contributed by atoms with Gasteiger partial charge < -0.3 is 9.47 Å². The third-order valence-corrected chi connectivity index (χ3v) is 3.24. The average Bonchev–Trinajstić information content (AvgIpc) is 3.20. The van der Waals surface area contributed by atoms with E-state index in [0.29, 0.717) is 6.61 Å². The molecular weight excluding hydrogens is 218 g/mol. The van der Waals surface area contributed by atoms with Crippen LogP contribution in [0.1, 0.15) is 5.56 Å². The largest absolute Gasteiger partial charge is 0.379 e. The lowest BCUT2D eigenvalue weighted by Gasteiger charge is -2.27. The number of epoxide rings is 1. The Morgan fingerprint density at radius 2 is 1.88 bits per heavy atom. The van der Waals surface area contributed by atoms with Gasteiger partial charge in [-0.15, -0.1) is 0 Å². The molecule has 2 fully saturated rings. The van der Waals surface area contributed by atoms with E-state index in [0.717, 1.165) is 32.9 Å². The summed E-state index contributed by atoms with van der Waals surface area (Å²) in [4.78, 5) is 5.79. The van der Waals surface area contributed by atoms with Gasteiger partial charge in [-0.3, -0.25) is 4.84 Å². The first-order chi connectivity index (χ1) is 8.39. The van der Waals surface area contributed by atoms with Gasteiger partial charge in [0, 0.05) is 13.1 Å².